The molecule has 0 unspecified atom stereocenters. The van der Waals surface area contributed by atoms with E-state index < -0.39 is 189 Å². The lowest BCUT2D eigenvalue weighted by atomic mass is 9.94. The fourth-order valence-corrected chi connectivity index (χ4v) is 8.21. The highest BCUT2D eigenvalue weighted by molar-refractivity contribution is 7.84. The van der Waals surface area contributed by atoms with Gasteiger partial charge in [0.2, 0.25) is 0 Å². The Kier molecular flexibility index (Phi) is 17.3. The number of carbonyl (C=O) groups is 2. The van der Waals surface area contributed by atoms with Crippen molar-refractivity contribution in [3.63, 3.8) is 0 Å². The Bertz CT molecular complexity index is 2060. The predicted molar refractivity (Wildman–Crippen MR) is 181 cm³/mol. The van der Waals surface area contributed by atoms with Crippen LogP contribution in [0.4, 0.5) is 0 Å². The van der Waals surface area contributed by atoms with E-state index in [4.69, 9.17) is 37.7 Å². The maximum absolute atomic E-state index is 12.5. The minimum atomic E-state index is -5.59. The summed E-state index contributed by atoms with van der Waals surface area (Å²) in [6.45, 7) is -2.93. The molecular weight excluding hydrogens is 973 g/mol. The largest absolute Gasteiger partial charge is 0.479 e. The molecule has 4 heterocycles. The number of aliphatic hydroxyl groups is 8. The Labute approximate surface area is 352 Å². The van der Waals surface area contributed by atoms with Crippen molar-refractivity contribution >= 4 is 53.3 Å². The van der Waals surface area contributed by atoms with E-state index in [2.05, 4.69) is 8.37 Å². The molecule has 368 valence electrons. The molecule has 20 atom stereocenters. The van der Waals surface area contributed by atoms with Crippen molar-refractivity contribution in [1.82, 2.24) is 9.44 Å². The summed E-state index contributed by atoms with van der Waals surface area (Å²) < 4.78 is 177. The van der Waals surface area contributed by atoms with E-state index in [1.165, 1.54) is 9.44 Å². The van der Waals surface area contributed by atoms with E-state index in [1.54, 1.807) is 0 Å². The van der Waals surface area contributed by atoms with Crippen LogP contribution in [0, 0.1) is 0 Å². The number of carboxylic acid groups (broad SMARTS) is 2. The Morgan fingerprint density at radius 1 is 0.460 bits per heavy atom. The van der Waals surface area contributed by atoms with Crippen LogP contribution in [0.3, 0.4) is 0 Å². The maximum atomic E-state index is 12.5. The second kappa shape index (κ2) is 20.4. The monoisotopic (exact) mass is 1010 g/mol. The number of hydrogen-bond acceptors (Lipinski definition) is 27. The van der Waals surface area contributed by atoms with Gasteiger partial charge in [0.25, 0.3) is 0 Å². The third-order valence-corrected chi connectivity index (χ3v) is 11.2. The van der Waals surface area contributed by atoms with Gasteiger partial charge in [0.1, 0.15) is 85.3 Å². The molecule has 4 rings (SSSR count). The van der Waals surface area contributed by atoms with Crippen LogP contribution < -0.4 is 9.44 Å². The predicted octanol–water partition coefficient (Wildman–Crippen LogP) is -11.1. The zero-order valence-electron chi connectivity index (χ0n) is 30.6. The topological polar surface area (TPSA) is 561 Å². The van der Waals surface area contributed by atoms with E-state index in [-0.39, 0.29) is 0 Å². The second-order valence-corrected chi connectivity index (χ2v) is 18.1. The third kappa shape index (κ3) is 13.9. The average molecular weight is 1010 g/mol. The molecule has 16 N–H and O–H groups in total. The molecule has 0 radical (unpaired) electrons. The number of carboxylic acids is 2. The van der Waals surface area contributed by atoms with Crippen molar-refractivity contribution in [2.75, 3.05) is 13.2 Å². The molecule has 0 aromatic heterocycles. The summed E-state index contributed by atoms with van der Waals surface area (Å²) >= 11 is 0. The van der Waals surface area contributed by atoms with Crippen molar-refractivity contribution in [2.24, 2.45) is 0 Å². The minimum absolute atomic E-state index is 1.32. The summed E-state index contributed by atoms with van der Waals surface area (Å²) in [5.74, 6) is -4.15. The first-order valence-electron chi connectivity index (χ1n) is 16.9. The quantitative estimate of drug-likeness (QED) is 0.0567. The summed E-state index contributed by atoms with van der Waals surface area (Å²) in [6.07, 6.45) is -44.9. The van der Waals surface area contributed by atoms with Gasteiger partial charge in [0.15, 0.2) is 37.4 Å². The minimum Gasteiger partial charge on any atom is -0.479 e. The number of nitrogens with one attached hydrogen (secondary N) is 2. The fraction of sp³-hybridized carbons (Fsp3) is 0.917. The lowest BCUT2D eigenvalue weighted by Gasteiger charge is -2.49. The highest BCUT2D eigenvalue weighted by atomic mass is 32.3. The molecule has 0 aliphatic carbocycles. The van der Waals surface area contributed by atoms with E-state index in [0.29, 0.717) is 0 Å². The molecule has 0 aromatic carbocycles. The van der Waals surface area contributed by atoms with Crippen molar-refractivity contribution in [2.45, 2.75) is 123 Å². The zero-order valence-corrected chi connectivity index (χ0v) is 33.9. The van der Waals surface area contributed by atoms with Crippen LogP contribution in [0.25, 0.3) is 0 Å². The SMILES string of the molecule is O=C(O)[C@H]1O[C@H](O[C@H]2[C@H](O)[C@@H](NS(=O)(=O)O)[C@H](O)O[C@@H]2COS(=O)(=O)O)[C@H](O)[C@@H](O)[C@@H]1O[C@@H]1O[C@H](COS(=O)(=O)O)[C@@H](O[C@@H]2O[C@@H](C(=O)O)[C@@H](O)[C@H](O)[C@H]2O)[C@H](O)[C@H]1NS(=O)(=O)O. The fourth-order valence-electron chi connectivity index (χ4n) is 6.41. The van der Waals surface area contributed by atoms with Gasteiger partial charge >= 0.3 is 53.3 Å². The highest BCUT2D eigenvalue weighted by Gasteiger charge is 2.58. The van der Waals surface area contributed by atoms with Gasteiger partial charge in [-0.3, -0.25) is 18.2 Å². The van der Waals surface area contributed by atoms with Crippen molar-refractivity contribution in [3.8, 4) is 0 Å². The molecular formula is C24H40N2O33S4. The van der Waals surface area contributed by atoms with Gasteiger partial charge in [-0.2, -0.15) is 43.1 Å². The highest BCUT2D eigenvalue weighted by Crippen LogP contribution is 2.35. The Hall–Kier alpha value is -2.18. The number of aliphatic hydroxyl groups excluding tert-OH is 8. The lowest BCUT2D eigenvalue weighted by Crippen LogP contribution is -2.70. The summed E-state index contributed by atoms with van der Waals surface area (Å²) in [4.78, 5) is 24.1. The Morgan fingerprint density at radius 2 is 0.857 bits per heavy atom. The number of hydrogen-bond donors (Lipinski definition) is 16. The molecule has 0 spiro atoms. The van der Waals surface area contributed by atoms with Crippen LogP contribution in [0.1, 0.15) is 0 Å². The van der Waals surface area contributed by atoms with E-state index in [1.807, 2.05) is 0 Å². The van der Waals surface area contributed by atoms with Gasteiger partial charge in [0, 0.05) is 0 Å². The number of aliphatic carboxylic acids is 2. The van der Waals surface area contributed by atoms with Gasteiger partial charge in [0.05, 0.1) is 13.2 Å². The van der Waals surface area contributed by atoms with Crippen LogP contribution in [0.15, 0.2) is 0 Å². The molecule has 4 aliphatic rings. The molecule has 0 aromatic rings. The molecule has 0 amide bonds. The number of ether oxygens (including phenoxy) is 7. The molecule has 4 saturated heterocycles. The van der Waals surface area contributed by atoms with Crippen LogP contribution in [-0.4, -0.2) is 251 Å². The molecule has 35 nitrogen and oxygen atoms in total. The Balaban J connectivity index is 1.68. The number of rotatable bonds is 18. The van der Waals surface area contributed by atoms with Gasteiger partial charge in [-0.05, 0) is 0 Å². The summed E-state index contributed by atoms with van der Waals surface area (Å²) in [5, 5.41) is 105. The lowest BCUT2D eigenvalue weighted by molar-refractivity contribution is -0.370. The summed E-state index contributed by atoms with van der Waals surface area (Å²) in [5.41, 5.74) is 0. The van der Waals surface area contributed by atoms with E-state index in [9.17, 15) is 108 Å². The first-order chi connectivity index (χ1) is 28.7. The molecule has 0 bridgehead atoms. The molecule has 39 heteroatoms. The van der Waals surface area contributed by atoms with Crippen molar-refractivity contribution in [1.29, 1.82) is 0 Å². The normalized spacial score (nSPS) is 42.1. The van der Waals surface area contributed by atoms with Crippen LogP contribution in [-0.2, 0) is 92.5 Å². The third-order valence-electron chi connectivity index (χ3n) is 9.17. The first-order valence-corrected chi connectivity index (χ1v) is 22.5. The summed E-state index contributed by atoms with van der Waals surface area (Å²) in [6, 6.07) is -4.90. The molecule has 63 heavy (non-hydrogen) atoms. The first kappa shape index (κ1) is 53.4. The van der Waals surface area contributed by atoms with Gasteiger partial charge in [-0.15, -0.1) is 0 Å². The smallest absolute Gasteiger partial charge is 0.397 e. The molecule has 0 saturated carbocycles. The van der Waals surface area contributed by atoms with Gasteiger partial charge in [-0.1, -0.05) is 0 Å². The van der Waals surface area contributed by atoms with Crippen LogP contribution >= 0.6 is 0 Å². The van der Waals surface area contributed by atoms with Crippen LogP contribution in [0.2, 0.25) is 0 Å². The van der Waals surface area contributed by atoms with Gasteiger partial charge < -0.3 is 84.2 Å². The molecule has 4 fully saturated rings. The van der Waals surface area contributed by atoms with E-state index in [0.717, 1.165) is 0 Å². The van der Waals surface area contributed by atoms with E-state index >= 15 is 0 Å². The van der Waals surface area contributed by atoms with Crippen molar-refractivity contribution in [3.05, 3.63) is 0 Å². The average Bonchev–Trinajstić information content (AvgIpc) is 3.13. The summed E-state index contributed by atoms with van der Waals surface area (Å²) in [7, 11) is -21.7. The van der Waals surface area contributed by atoms with Crippen molar-refractivity contribution < 1.29 is 154 Å². The van der Waals surface area contributed by atoms with Crippen LogP contribution in [0.5, 0.6) is 0 Å². The zero-order chi connectivity index (χ0) is 47.9. The maximum Gasteiger partial charge on any atom is 0.397 e. The molecule has 4 aliphatic heterocycles. The standard InChI is InChI=1S/C24H40N2O33S4/c27-7-5(25-60(39,40)41)21(38)53-3(1-51-62(45,46)47)14(7)55-24-13(33)11(31)16(18(59-24)20(36)37)57-22-6(26-61(42,43)44)8(28)15(4(54-22)2-52-63(48,49)50)56-23-12(32)9(29)10(30)17(58-23)19(34)35/h3-18,21-33,38H,1-2H2,(H,34,35)(H,36,37)(H,39,40,41)(H,42,43,44)(H,45,46,47)(H,48,49,50)/t3-,4-,5-,6-,7-,8-,9+,10+,11-,12-,13-,14-,15-,16+,17-,18+,21-,22+,23-,24+/m1/s1. The Morgan fingerprint density at radius 3 is 1.30 bits per heavy atom. The van der Waals surface area contributed by atoms with Gasteiger partial charge in [-0.25, -0.2) is 18.0 Å². The second-order valence-electron chi connectivity index (χ2n) is 13.5.